The lowest BCUT2D eigenvalue weighted by Crippen LogP contribution is -1.94. The van der Waals surface area contributed by atoms with Gasteiger partial charge in [0.2, 0.25) is 0 Å². The Labute approximate surface area is 125 Å². The summed E-state index contributed by atoms with van der Waals surface area (Å²) in [5, 5.41) is 12.5. The Balaban J connectivity index is 2.00. The van der Waals surface area contributed by atoms with E-state index >= 15 is 0 Å². The minimum absolute atomic E-state index is 0.152. The average molecular weight is 303 g/mol. The van der Waals surface area contributed by atoms with Gasteiger partial charge in [-0.3, -0.25) is 0 Å². The van der Waals surface area contributed by atoms with Crippen LogP contribution < -0.4 is 5.32 Å². The Kier molecular flexibility index (Phi) is 3.27. The Morgan fingerprint density at radius 1 is 1.33 bits per heavy atom. The highest BCUT2D eigenvalue weighted by Crippen LogP contribution is 2.30. The molecular formula is C15H11ClN2O3. The van der Waals surface area contributed by atoms with Gasteiger partial charge in [-0.1, -0.05) is 23.7 Å². The van der Waals surface area contributed by atoms with Crippen LogP contribution in [0.15, 0.2) is 40.8 Å². The summed E-state index contributed by atoms with van der Waals surface area (Å²) in [6, 6.07) is 10.3. The highest BCUT2D eigenvalue weighted by atomic mass is 35.5. The first-order chi connectivity index (χ1) is 10.0. The number of anilines is 2. The summed E-state index contributed by atoms with van der Waals surface area (Å²) in [7, 11) is 0. The molecule has 5 nitrogen and oxygen atoms in total. The lowest BCUT2D eigenvalue weighted by Gasteiger charge is -2.07. The third kappa shape index (κ3) is 2.55. The number of nitrogens with one attached hydrogen (secondary N) is 1. The number of rotatable bonds is 3. The number of hydrogen-bond donors (Lipinski definition) is 2. The van der Waals surface area contributed by atoms with Crippen LogP contribution in [-0.2, 0) is 0 Å². The maximum atomic E-state index is 10.9. The third-order valence-electron chi connectivity index (χ3n) is 3.09. The first-order valence-electron chi connectivity index (χ1n) is 6.20. The number of fused-ring (bicyclic) bond motifs is 1. The number of halogens is 1. The molecule has 0 saturated carbocycles. The van der Waals surface area contributed by atoms with Crippen LogP contribution in [0.4, 0.5) is 11.7 Å². The smallest absolute Gasteiger partial charge is 0.335 e. The van der Waals surface area contributed by atoms with Crippen molar-refractivity contribution in [3.63, 3.8) is 0 Å². The van der Waals surface area contributed by atoms with E-state index in [1.165, 1.54) is 12.1 Å². The molecule has 0 aliphatic rings. The number of aromatic nitrogens is 1. The second-order valence-electron chi connectivity index (χ2n) is 4.56. The molecule has 6 heteroatoms. The van der Waals surface area contributed by atoms with Gasteiger partial charge in [-0.15, -0.1) is 0 Å². The fourth-order valence-corrected chi connectivity index (χ4v) is 2.28. The van der Waals surface area contributed by atoms with Crippen LogP contribution in [0.1, 0.15) is 15.9 Å². The van der Waals surface area contributed by atoms with Crippen molar-refractivity contribution >= 4 is 40.4 Å². The molecule has 3 rings (SSSR count). The van der Waals surface area contributed by atoms with Crippen LogP contribution >= 0.6 is 11.6 Å². The van der Waals surface area contributed by atoms with E-state index in [0.29, 0.717) is 21.8 Å². The minimum Gasteiger partial charge on any atom is -0.478 e. The molecule has 2 N–H and O–H groups in total. The van der Waals surface area contributed by atoms with Gasteiger partial charge in [0.25, 0.3) is 6.01 Å². The van der Waals surface area contributed by atoms with Gasteiger partial charge >= 0.3 is 5.97 Å². The van der Waals surface area contributed by atoms with E-state index < -0.39 is 5.97 Å². The Morgan fingerprint density at radius 3 is 2.86 bits per heavy atom. The molecule has 0 radical (unpaired) electrons. The highest BCUT2D eigenvalue weighted by Gasteiger charge is 2.11. The van der Waals surface area contributed by atoms with E-state index in [0.717, 1.165) is 5.56 Å². The quantitative estimate of drug-likeness (QED) is 0.757. The molecule has 0 atom stereocenters. The van der Waals surface area contributed by atoms with Gasteiger partial charge in [0.15, 0.2) is 5.58 Å². The zero-order valence-electron chi connectivity index (χ0n) is 11.1. The van der Waals surface area contributed by atoms with Gasteiger partial charge in [-0.2, -0.15) is 4.98 Å². The predicted molar refractivity (Wildman–Crippen MR) is 80.4 cm³/mol. The number of aryl methyl sites for hydroxylation is 1. The van der Waals surface area contributed by atoms with E-state index in [4.69, 9.17) is 21.1 Å². The van der Waals surface area contributed by atoms with Crippen molar-refractivity contribution in [2.45, 2.75) is 6.92 Å². The number of hydrogen-bond acceptors (Lipinski definition) is 4. The van der Waals surface area contributed by atoms with Crippen molar-refractivity contribution in [3.8, 4) is 0 Å². The lowest BCUT2D eigenvalue weighted by atomic mass is 10.2. The summed E-state index contributed by atoms with van der Waals surface area (Å²) in [6.45, 7) is 1.92. The van der Waals surface area contributed by atoms with Crippen LogP contribution in [0, 0.1) is 6.92 Å². The Hall–Kier alpha value is -2.53. The summed E-state index contributed by atoms with van der Waals surface area (Å²) >= 11 is 6.14. The van der Waals surface area contributed by atoms with E-state index in [-0.39, 0.29) is 11.6 Å². The van der Waals surface area contributed by atoms with Gasteiger partial charge in [-0.05, 0) is 36.8 Å². The summed E-state index contributed by atoms with van der Waals surface area (Å²) in [4.78, 5) is 15.2. The van der Waals surface area contributed by atoms with Crippen molar-refractivity contribution < 1.29 is 14.3 Å². The molecule has 2 aromatic carbocycles. The molecule has 0 saturated heterocycles. The summed E-state index contributed by atoms with van der Waals surface area (Å²) in [6.07, 6.45) is 0. The van der Waals surface area contributed by atoms with E-state index in [1.807, 2.05) is 19.1 Å². The molecule has 106 valence electrons. The summed E-state index contributed by atoms with van der Waals surface area (Å²) < 4.78 is 5.53. The average Bonchev–Trinajstić information content (AvgIpc) is 2.84. The number of para-hydroxylation sites is 1. The van der Waals surface area contributed by atoms with Gasteiger partial charge < -0.3 is 14.8 Å². The number of carboxylic acids is 1. The maximum Gasteiger partial charge on any atom is 0.335 e. The number of benzene rings is 2. The molecule has 0 fully saturated rings. The summed E-state index contributed by atoms with van der Waals surface area (Å²) in [5.41, 5.74) is 2.80. The SMILES string of the molecule is Cc1cccc(Cl)c1Nc1nc2ccc(C(=O)O)cc2o1. The molecule has 3 aromatic rings. The van der Waals surface area contributed by atoms with Crippen LogP contribution in [0.25, 0.3) is 11.1 Å². The van der Waals surface area contributed by atoms with Crippen molar-refractivity contribution in [2.75, 3.05) is 5.32 Å². The number of carbonyl (C=O) groups is 1. The highest BCUT2D eigenvalue weighted by molar-refractivity contribution is 6.33. The van der Waals surface area contributed by atoms with Crippen LogP contribution in [0.3, 0.4) is 0 Å². The maximum absolute atomic E-state index is 10.9. The predicted octanol–water partition coefficient (Wildman–Crippen LogP) is 4.23. The number of nitrogens with zero attached hydrogens (tertiary/aromatic N) is 1. The van der Waals surface area contributed by atoms with Crippen molar-refractivity contribution in [2.24, 2.45) is 0 Å². The van der Waals surface area contributed by atoms with Gasteiger partial charge in [0.05, 0.1) is 16.3 Å². The second-order valence-corrected chi connectivity index (χ2v) is 4.97. The molecule has 0 amide bonds. The fourth-order valence-electron chi connectivity index (χ4n) is 2.01. The number of carboxylic acid groups (broad SMARTS) is 1. The lowest BCUT2D eigenvalue weighted by molar-refractivity contribution is 0.0697. The van der Waals surface area contributed by atoms with Gasteiger partial charge in [0, 0.05) is 0 Å². The zero-order valence-corrected chi connectivity index (χ0v) is 11.8. The number of oxazole rings is 1. The van der Waals surface area contributed by atoms with Gasteiger partial charge in [-0.25, -0.2) is 4.79 Å². The molecular weight excluding hydrogens is 292 g/mol. The standard InChI is InChI=1S/C15H11ClN2O3/c1-8-3-2-4-10(16)13(8)18-15-17-11-6-5-9(14(19)20)7-12(11)21-15/h2-7H,1H3,(H,17,18)(H,19,20). The van der Waals surface area contributed by atoms with Gasteiger partial charge in [0.1, 0.15) is 5.52 Å². The van der Waals surface area contributed by atoms with E-state index in [1.54, 1.807) is 12.1 Å². The van der Waals surface area contributed by atoms with Crippen molar-refractivity contribution in [1.29, 1.82) is 0 Å². The molecule has 0 bridgehead atoms. The van der Waals surface area contributed by atoms with Crippen molar-refractivity contribution in [3.05, 3.63) is 52.5 Å². The normalized spacial score (nSPS) is 10.8. The van der Waals surface area contributed by atoms with Crippen LogP contribution in [-0.4, -0.2) is 16.1 Å². The molecule has 0 unspecified atom stereocenters. The summed E-state index contributed by atoms with van der Waals surface area (Å²) in [5.74, 6) is -1.01. The molecule has 0 aliphatic carbocycles. The van der Waals surface area contributed by atoms with Crippen LogP contribution in [0.2, 0.25) is 5.02 Å². The Morgan fingerprint density at radius 2 is 2.14 bits per heavy atom. The van der Waals surface area contributed by atoms with Crippen LogP contribution in [0.5, 0.6) is 0 Å². The monoisotopic (exact) mass is 302 g/mol. The second kappa shape index (κ2) is 5.10. The molecule has 1 heterocycles. The topological polar surface area (TPSA) is 75.4 Å². The fraction of sp³-hybridized carbons (Fsp3) is 0.0667. The number of aromatic carboxylic acids is 1. The third-order valence-corrected chi connectivity index (χ3v) is 3.40. The molecule has 0 aliphatic heterocycles. The zero-order chi connectivity index (χ0) is 15.0. The van der Waals surface area contributed by atoms with Crippen molar-refractivity contribution in [1.82, 2.24) is 4.98 Å². The molecule has 21 heavy (non-hydrogen) atoms. The first-order valence-corrected chi connectivity index (χ1v) is 6.58. The Bertz CT molecular complexity index is 822. The van der Waals surface area contributed by atoms with E-state index in [2.05, 4.69) is 10.3 Å². The molecule has 0 spiro atoms. The minimum atomic E-state index is -1.01. The van der Waals surface area contributed by atoms with E-state index in [9.17, 15) is 4.79 Å². The first kappa shape index (κ1) is 13.5. The largest absolute Gasteiger partial charge is 0.478 e. The molecule has 1 aromatic heterocycles.